The number of amides is 1. The van der Waals surface area contributed by atoms with Crippen molar-refractivity contribution >= 4 is 35.8 Å². The van der Waals surface area contributed by atoms with E-state index in [0.29, 0.717) is 17.9 Å². The van der Waals surface area contributed by atoms with Crippen LogP contribution in [0.1, 0.15) is 52.9 Å². The highest BCUT2D eigenvalue weighted by Crippen LogP contribution is 2.18. The molecule has 2 unspecified atom stereocenters. The molecule has 1 amide bonds. The van der Waals surface area contributed by atoms with E-state index < -0.39 is 0 Å². The minimum Gasteiger partial charge on any atom is -0.355 e. The number of hydrogen-bond acceptors (Lipinski definition) is 4. The molecule has 3 fully saturated rings. The van der Waals surface area contributed by atoms with Crippen molar-refractivity contribution in [2.75, 3.05) is 66.0 Å². The maximum absolute atomic E-state index is 12.7. The Morgan fingerprint density at radius 1 is 0.935 bits per heavy atom. The number of aliphatic imine (C=N–C) groups is 1. The second-order valence-corrected chi connectivity index (χ2v) is 9.70. The van der Waals surface area contributed by atoms with Gasteiger partial charge in [0.15, 0.2) is 5.96 Å². The molecule has 2 atom stereocenters. The number of piperidine rings is 1. The molecule has 1 N–H and O–H groups in total. The zero-order chi connectivity index (χ0) is 21.5. The van der Waals surface area contributed by atoms with Gasteiger partial charge in [-0.15, -0.1) is 24.0 Å². The van der Waals surface area contributed by atoms with Gasteiger partial charge in [0, 0.05) is 65.4 Å². The Labute approximate surface area is 207 Å². The number of nitrogens with zero attached hydrogens (tertiary/aromatic N) is 5. The third kappa shape index (κ3) is 7.45. The minimum atomic E-state index is -0.00736. The number of hydrogen-bond donors (Lipinski definition) is 1. The second-order valence-electron chi connectivity index (χ2n) is 9.70. The van der Waals surface area contributed by atoms with Crippen molar-refractivity contribution in [2.24, 2.45) is 10.9 Å². The monoisotopic (exact) mass is 548 g/mol. The molecule has 0 aliphatic carbocycles. The van der Waals surface area contributed by atoms with Gasteiger partial charge >= 0.3 is 0 Å². The van der Waals surface area contributed by atoms with Gasteiger partial charge in [-0.25, -0.2) is 0 Å². The molecule has 7 nitrogen and oxygen atoms in total. The highest BCUT2D eigenvalue weighted by atomic mass is 127. The first-order valence-corrected chi connectivity index (χ1v) is 12.2. The van der Waals surface area contributed by atoms with Gasteiger partial charge in [0.25, 0.3) is 0 Å². The molecule has 3 aliphatic heterocycles. The highest BCUT2D eigenvalue weighted by molar-refractivity contribution is 14.0. The molecule has 0 aromatic heterocycles. The van der Waals surface area contributed by atoms with E-state index in [9.17, 15) is 4.79 Å². The van der Waals surface area contributed by atoms with E-state index in [1.165, 1.54) is 32.4 Å². The first-order valence-electron chi connectivity index (χ1n) is 12.2. The zero-order valence-electron chi connectivity index (χ0n) is 20.2. The lowest BCUT2D eigenvalue weighted by atomic mass is 10.0. The fraction of sp³-hybridized carbons (Fsp3) is 0.913. The summed E-state index contributed by atoms with van der Waals surface area (Å²) in [4.78, 5) is 26.7. The van der Waals surface area contributed by atoms with Crippen LogP contribution in [-0.2, 0) is 4.79 Å². The SMILES string of the molecule is CN=C(NCC1CCCCN1CC(C)C)N1CCN(C(C)C(=O)N2CCCC2)CC1.I. The van der Waals surface area contributed by atoms with Crippen molar-refractivity contribution in [3.05, 3.63) is 0 Å². The summed E-state index contributed by atoms with van der Waals surface area (Å²) in [6, 6.07) is 0.601. The van der Waals surface area contributed by atoms with Crippen molar-refractivity contribution in [1.82, 2.24) is 24.9 Å². The molecule has 0 aromatic rings. The van der Waals surface area contributed by atoms with Gasteiger partial charge in [-0.3, -0.25) is 19.6 Å². The van der Waals surface area contributed by atoms with Gasteiger partial charge in [-0.2, -0.15) is 0 Å². The molecule has 8 heteroatoms. The van der Waals surface area contributed by atoms with Crippen molar-refractivity contribution in [3.8, 4) is 0 Å². The summed E-state index contributed by atoms with van der Waals surface area (Å²) in [6.07, 6.45) is 6.25. The van der Waals surface area contributed by atoms with Crippen LogP contribution in [0.4, 0.5) is 0 Å². The Hall–Kier alpha value is -0.610. The molecule has 0 radical (unpaired) electrons. The summed E-state index contributed by atoms with van der Waals surface area (Å²) in [5.41, 5.74) is 0. The van der Waals surface area contributed by atoms with Crippen LogP contribution in [0.25, 0.3) is 0 Å². The third-order valence-corrected chi connectivity index (χ3v) is 6.99. The van der Waals surface area contributed by atoms with Gasteiger partial charge in [0.1, 0.15) is 0 Å². The lowest BCUT2D eigenvalue weighted by Gasteiger charge is -2.41. The number of halogens is 1. The molecule has 3 heterocycles. The number of nitrogens with one attached hydrogen (secondary N) is 1. The quantitative estimate of drug-likeness (QED) is 0.314. The molecule has 3 saturated heterocycles. The lowest BCUT2D eigenvalue weighted by molar-refractivity contribution is -0.135. The molecule has 180 valence electrons. The zero-order valence-corrected chi connectivity index (χ0v) is 22.5. The molecular weight excluding hydrogens is 503 g/mol. The summed E-state index contributed by atoms with van der Waals surface area (Å²) in [6.45, 7) is 15.7. The number of guanidine groups is 1. The maximum Gasteiger partial charge on any atom is 0.239 e. The Kier molecular flexibility index (Phi) is 11.3. The van der Waals surface area contributed by atoms with Crippen molar-refractivity contribution < 1.29 is 4.79 Å². The van der Waals surface area contributed by atoms with Gasteiger partial charge in [0.2, 0.25) is 5.91 Å². The number of carbonyl (C=O) groups excluding carboxylic acids is 1. The Bertz CT molecular complexity index is 572. The molecule has 31 heavy (non-hydrogen) atoms. The maximum atomic E-state index is 12.7. The number of rotatable bonds is 6. The van der Waals surface area contributed by atoms with Crippen LogP contribution in [0.3, 0.4) is 0 Å². The van der Waals surface area contributed by atoms with E-state index in [1.807, 2.05) is 11.9 Å². The predicted molar refractivity (Wildman–Crippen MR) is 139 cm³/mol. The van der Waals surface area contributed by atoms with Crippen LogP contribution in [0.5, 0.6) is 0 Å². The van der Waals surface area contributed by atoms with Crippen LogP contribution >= 0.6 is 24.0 Å². The second kappa shape index (κ2) is 13.2. The van der Waals surface area contributed by atoms with E-state index in [0.717, 1.165) is 64.6 Å². The Morgan fingerprint density at radius 2 is 1.58 bits per heavy atom. The normalized spacial score (nSPS) is 24.9. The van der Waals surface area contributed by atoms with Crippen LogP contribution in [0.15, 0.2) is 4.99 Å². The first-order chi connectivity index (χ1) is 14.5. The summed E-state index contributed by atoms with van der Waals surface area (Å²) in [7, 11) is 1.89. The molecule has 0 spiro atoms. The number of piperazine rings is 1. The molecular formula is C23H45IN6O. The van der Waals surface area contributed by atoms with Crippen molar-refractivity contribution in [2.45, 2.75) is 65.0 Å². The fourth-order valence-corrected chi connectivity index (χ4v) is 5.22. The summed E-state index contributed by atoms with van der Waals surface area (Å²) >= 11 is 0. The Morgan fingerprint density at radius 3 is 2.19 bits per heavy atom. The third-order valence-electron chi connectivity index (χ3n) is 6.99. The summed E-state index contributed by atoms with van der Waals surface area (Å²) < 4.78 is 0. The van der Waals surface area contributed by atoms with E-state index in [1.54, 1.807) is 0 Å². The molecule has 3 aliphatic rings. The van der Waals surface area contributed by atoms with Crippen molar-refractivity contribution in [1.29, 1.82) is 0 Å². The summed E-state index contributed by atoms with van der Waals surface area (Å²) in [5.74, 6) is 2.04. The standard InChI is InChI=1S/C23H44N6O.HI/c1-19(2)18-29-12-6-5-9-21(29)17-25-23(24-4)28-15-13-26(14-16-28)20(3)22(30)27-10-7-8-11-27;/h19-21H,5-18H2,1-4H3,(H,24,25);1H. The molecule has 0 bridgehead atoms. The summed E-state index contributed by atoms with van der Waals surface area (Å²) in [5, 5.41) is 3.66. The number of likely N-dealkylation sites (tertiary alicyclic amines) is 2. The van der Waals surface area contributed by atoms with Gasteiger partial charge in [-0.05, 0) is 45.1 Å². The van der Waals surface area contributed by atoms with E-state index in [4.69, 9.17) is 0 Å². The average Bonchev–Trinajstić information content (AvgIpc) is 3.29. The predicted octanol–water partition coefficient (Wildman–Crippen LogP) is 2.32. The Balaban J connectivity index is 0.00000341. The van der Waals surface area contributed by atoms with E-state index in [-0.39, 0.29) is 30.0 Å². The largest absolute Gasteiger partial charge is 0.355 e. The van der Waals surface area contributed by atoms with Gasteiger partial charge in [-0.1, -0.05) is 20.3 Å². The fourth-order valence-electron chi connectivity index (χ4n) is 5.22. The smallest absolute Gasteiger partial charge is 0.239 e. The molecule has 0 saturated carbocycles. The number of carbonyl (C=O) groups is 1. The van der Waals surface area contributed by atoms with Crippen molar-refractivity contribution in [3.63, 3.8) is 0 Å². The minimum absolute atomic E-state index is 0. The van der Waals surface area contributed by atoms with E-state index >= 15 is 0 Å². The van der Waals surface area contributed by atoms with Crippen LogP contribution in [-0.4, -0.2) is 110 Å². The topological polar surface area (TPSA) is 54.4 Å². The van der Waals surface area contributed by atoms with E-state index in [2.05, 4.69) is 45.8 Å². The van der Waals surface area contributed by atoms with Crippen LogP contribution in [0, 0.1) is 5.92 Å². The highest BCUT2D eigenvalue weighted by Gasteiger charge is 2.31. The molecule has 0 aromatic carbocycles. The molecule has 3 rings (SSSR count). The van der Waals surface area contributed by atoms with Gasteiger partial charge < -0.3 is 15.1 Å². The van der Waals surface area contributed by atoms with Crippen LogP contribution < -0.4 is 5.32 Å². The van der Waals surface area contributed by atoms with Crippen LogP contribution in [0.2, 0.25) is 0 Å². The average molecular weight is 549 g/mol. The first kappa shape index (κ1) is 26.6. The van der Waals surface area contributed by atoms with Gasteiger partial charge in [0.05, 0.1) is 6.04 Å². The lowest BCUT2D eigenvalue weighted by Crippen LogP contribution is -2.58.